The average molecular weight is 304 g/mol. The van der Waals surface area contributed by atoms with Crippen LogP contribution in [0.25, 0.3) is 10.2 Å². The Bertz CT molecular complexity index is 621. The molecule has 1 aliphatic rings. The van der Waals surface area contributed by atoms with Gasteiger partial charge in [0.2, 0.25) is 0 Å². The molecule has 0 saturated heterocycles. The number of rotatable bonds is 2. The Hall–Kier alpha value is -1.20. The quantitative estimate of drug-likeness (QED) is 0.641. The van der Waals surface area contributed by atoms with Gasteiger partial charge in [-0.25, -0.2) is 15.8 Å². The Labute approximate surface area is 130 Å². The molecule has 3 rings (SSSR count). The highest BCUT2D eigenvalue weighted by molar-refractivity contribution is 7.16. The van der Waals surface area contributed by atoms with E-state index in [-0.39, 0.29) is 0 Å². The molecule has 114 valence electrons. The molecule has 5 heteroatoms. The van der Waals surface area contributed by atoms with Gasteiger partial charge < -0.3 is 5.43 Å². The zero-order valence-corrected chi connectivity index (χ0v) is 13.8. The number of nitrogens with zero attached hydrogens (tertiary/aromatic N) is 2. The van der Waals surface area contributed by atoms with Gasteiger partial charge >= 0.3 is 0 Å². The maximum absolute atomic E-state index is 5.62. The first-order valence-corrected chi connectivity index (χ1v) is 8.58. The summed E-state index contributed by atoms with van der Waals surface area (Å²) in [7, 11) is 0. The van der Waals surface area contributed by atoms with Crippen LogP contribution in [0.2, 0.25) is 0 Å². The second-order valence-electron chi connectivity index (χ2n) is 7.13. The molecular weight excluding hydrogens is 280 g/mol. The van der Waals surface area contributed by atoms with E-state index in [9.17, 15) is 0 Å². The summed E-state index contributed by atoms with van der Waals surface area (Å²) in [5, 5.41) is 3.06. The van der Waals surface area contributed by atoms with Crippen molar-refractivity contribution in [1.29, 1.82) is 0 Å². The zero-order valence-electron chi connectivity index (χ0n) is 13.0. The third-order valence-electron chi connectivity index (χ3n) is 4.80. The lowest BCUT2D eigenvalue weighted by atomic mass is 9.70. The summed E-state index contributed by atoms with van der Waals surface area (Å²) >= 11 is 1.65. The molecule has 0 atom stereocenters. The first kappa shape index (κ1) is 14.7. The molecule has 21 heavy (non-hydrogen) atoms. The highest BCUT2D eigenvalue weighted by Crippen LogP contribution is 2.43. The first-order chi connectivity index (χ1) is 9.99. The number of nitrogen functional groups attached to an aromatic ring is 1. The molecule has 0 spiro atoms. The normalized spacial score (nSPS) is 23.4. The van der Waals surface area contributed by atoms with Crippen molar-refractivity contribution in [2.75, 3.05) is 5.43 Å². The van der Waals surface area contributed by atoms with Gasteiger partial charge in [-0.15, -0.1) is 11.3 Å². The number of hydrogen-bond donors (Lipinski definition) is 2. The molecule has 2 aromatic heterocycles. The van der Waals surface area contributed by atoms with Gasteiger partial charge in [0.15, 0.2) is 5.82 Å². The van der Waals surface area contributed by atoms with Crippen molar-refractivity contribution in [3.63, 3.8) is 0 Å². The first-order valence-electron chi connectivity index (χ1n) is 7.71. The third kappa shape index (κ3) is 2.90. The minimum Gasteiger partial charge on any atom is -0.308 e. The van der Waals surface area contributed by atoms with E-state index < -0.39 is 0 Å². The van der Waals surface area contributed by atoms with E-state index in [0.29, 0.717) is 11.3 Å². The van der Waals surface area contributed by atoms with Crippen LogP contribution in [0.5, 0.6) is 0 Å². The van der Waals surface area contributed by atoms with Gasteiger partial charge in [0.1, 0.15) is 10.7 Å². The maximum Gasteiger partial charge on any atom is 0.152 e. The van der Waals surface area contributed by atoms with Gasteiger partial charge in [0, 0.05) is 5.92 Å². The van der Waals surface area contributed by atoms with Crippen molar-refractivity contribution in [1.82, 2.24) is 9.97 Å². The Morgan fingerprint density at radius 1 is 1.19 bits per heavy atom. The van der Waals surface area contributed by atoms with Crippen molar-refractivity contribution in [3.05, 3.63) is 17.3 Å². The fourth-order valence-corrected chi connectivity index (χ4v) is 4.15. The summed E-state index contributed by atoms with van der Waals surface area (Å²) in [6.07, 6.45) is 4.91. The van der Waals surface area contributed by atoms with E-state index in [2.05, 4.69) is 31.2 Å². The molecule has 1 fully saturated rings. The Balaban J connectivity index is 1.82. The minimum absolute atomic E-state index is 0.410. The topological polar surface area (TPSA) is 63.8 Å². The van der Waals surface area contributed by atoms with Crippen molar-refractivity contribution in [2.24, 2.45) is 17.2 Å². The summed E-state index contributed by atoms with van der Waals surface area (Å²) in [5.41, 5.74) is 3.13. The van der Waals surface area contributed by atoms with Crippen LogP contribution >= 0.6 is 11.3 Å². The number of aromatic nitrogens is 2. The van der Waals surface area contributed by atoms with E-state index in [1.54, 1.807) is 11.3 Å². The van der Waals surface area contributed by atoms with Crippen LogP contribution in [0.1, 0.15) is 58.2 Å². The van der Waals surface area contributed by atoms with Crippen LogP contribution in [0.15, 0.2) is 11.4 Å². The largest absolute Gasteiger partial charge is 0.308 e. The van der Waals surface area contributed by atoms with E-state index >= 15 is 0 Å². The Kier molecular flexibility index (Phi) is 3.88. The van der Waals surface area contributed by atoms with E-state index in [0.717, 1.165) is 27.8 Å². The second-order valence-corrected chi connectivity index (χ2v) is 8.02. The fraction of sp³-hybridized carbons (Fsp3) is 0.625. The highest BCUT2D eigenvalue weighted by atomic mass is 32.1. The molecule has 0 bridgehead atoms. The van der Waals surface area contributed by atoms with E-state index in [4.69, 9.17) is 10.8 Å². The van der Waals surface area contributed by atoms with Crippen LogP contribution in [0, 0.1) is 11.3 Å². The van der Waals surface area contributed by atoms with Gasteiger partial charge in [-0.2, -0.15) is 0 Å². The van der Waals surface area contributed by atoms with Crippen LogP contribution in [0.3, 0.4) is 0 Å². The van der Waals surface area contributed by atoms with E-state index in [1.165, 1.54) is 25.7 Å². The van der Waals surface area contributed by atoms with Crippen molar-refractivity contribution >= 4 is 27.4 Å². The number of thiophene rings is 1. The smallest absolute Gasteiger partial charge is 0.152 e. The molecule has 2 aromatic rings. The molecule has 0 aliphatic heterocycles. The highest BCUT2D eigenvalue weighted by Gasteiger charge is 2.31. The maximum atomic E-state index is 5.62. The molecule has 1 saturated carbocycles. The third-order valence-corrected chi connectivity index (χ3v) is 5.60. The number of nitrogens with two attached hydrogens (primary N) is 1. The summed E-state index contributed by atoms with van der Waals surface area (Å²) in [6.45, 7) is 7.05. The van der Waals surface area contributed by atoms with Gasteiger partial charge in [0.25, 0.3) is 0 Å². The number of fused-ring (bicyclic) bond motifs is 1. The molecule has 0 aromatic carbocycles. The summed E-state index contributed by atoms with van der Waals surface area (Å²) in [4.78, 5) is 10.5. The lowest BCUT2D eigenvalue weighted by Crippen LogP contribution is -2.26. The number of hydrogen-bond acceptors (Lipinski definition) is 5. The van der Waals surface area contributed by atoms with Gasteiger partial charge in [-0.3, -0.25) is 0 Å². The standard InChI is InChI=1S/C16H24N4S/c1-16(2,3)11-6-4-10(5-7-11)13-18-14(20-17)12-8-9-21-15(12)19-13/h8-11H,4-7,17H2,1-3H3,(H,18,19,20). The zero-order chi connectivity index (χ0) is 15.0. The summed E-state index contributed by atoms with van der Waals surface area (Å²) in [5.74, 6) is 8.62. The van der Waals surface area contributed by atoms with Crippen LogP contribution < -0.4 is 11.3 Å². The fourth-order valence-electron chi connectivity index (χ4n) is 3.38. The molecule has 0 radical (unpaired) electrons. The van der Waals surface area contributed by atoms with Gasteiger partial charge in [-0.1, -0.05) is 20.8 Å². The van der Waals surface area contributed by atoms with Crippen molar-refractivity contribution in [2.45, 2.75) is 52.4 Å². The SMILES string of the molecule is CC(C)(C)C1CCC(c2nc(NN)c3ccsc3n2)CC1. The summed E-state index contributed by atoms with van der Waals surface area (Å²) < 4.78 is 0. The minimum atomic E-state index is 0.410. The van der Waals surface area contributed by atoms with Gasteiger partial charge in [-0.05, 0) is 48.5 Å². The van der Waals surface area contributed by atoms with Crippen LogP contribution in [0.4, 0.5) is 5.82 Å². The molecule has 3 N–H and O–H groups in total. The van der Waals surface area contributed by atoms with E-state index in [1.807, 2.05) is 11.4 Å². The van der Waals surface area contributed by atoms with Crippen molar-refractivity contribution < 1.29 is 0 Å². The van der Waals surface area contributed by atoms with Gasteiger partial charge in [0.05, 0.1) is 5.39 Å². The Morgan fingerprint density at radius 2 is 1.90 bits per heavy atom. The van der Waals surface area contributed by atoms with Crippen LogP contribution in [-0.2, 0) is 0 Å². The summed E-state index contributed by atoms with van der Waals surface area (Å²) in [6, 6.07) is 2.02. The molecular formula is C16H24N4S. The monoisotopic (exact) mass is 304 g/mol. The van der Waals surface area contributed by atoms with Crippen molar-refractivity contribution in [3.8, 4) is 0 Å². The molecule has 1 aliphatic carbocycles. The molecule has 0 amide bonds. The molecule has 2 heterocycles. The van der Waals surface area contributed by atoms with Crippen LogP contribution in [-0.4, -0.2) is 9.97 Å². The lowest BCUT2D eigenvalue weighted by molar-refractivity contribution is 0.167. The lowest BCUT2D eigenvalue weighted by Gasteiger charge is -2.36. The Morgan fingerprint density at radius 3 is 2.52 bits per heavy atom. The predicted octanol–water partition coefficient (Wildman–Crippen LogP) is 4.30. The number of nitrogens with one attached hydrogen (secondary N) is 1. The molecule has 0 unspecified atom stereocenters. The second kappa shape index (κ2) is 5.54. The number of hydrazine groups is 1. The number of anilines is 1. The molecule has 4 nitrogen and oxygen atoms in total. The average Bonchev–Trinajstić information content (AvgIpc) is 2.93. The predicted molar refractivity (Wildman–Crippen MR) is 89.4 cm³/mol.